The average Bonchev–Trinajstić information content (AvgIpc) is 2.42. The summed E-state index contributed by atoms with van der Waals surface area (Å²) in [6, 6.07) is 8.48. The highest BCUT2D eigenvalue weighted by Gasteiger charge is 2.19. The molecule has 1 aromatic carbocycles. The minimum atomic E-state index is -4.04. The first-order valence-corrected chi connectivity index (χ1v) is 8.07. The highest BCUT2D eigenvalue weighted by Crippen LogP contribution is 2.16. The molecule has 0 spiro atoms. The van der Waals surface area contributed by atoms with Crippen molar-refractivity contribution in [1.29, 1.82) is 0 Å². The van der Waals surface area contributed by atoms with Crippen molar-refractivity contribution in [1.82, 2.24) is 9.71 Å². The second-order valence-electron chi connectivity index (χ2n) is 4.11. The Balaban J connectivity index is 2.12. The van der Waals surface area contributed by atoms with E-state index < -0.39 is 21.7 Å². The number of benzene rings is 1. The molecule has 0 radical (unpaired) electrons. The van der Waals surface area contributed by atoms with E-state index in [2.05, 4.69) is 20.9 Å². The van der Waals surface area contributed by atoms with Crippen molar-refractivity contribution in [3.05, 3.63) is 58.4 Å². The number of hydrogen-bond acceptors (Lipinski definition) is 4. The molecule has 1 heterocycles. The van der Waals surface area contributed by atoms with Crippen LogP contribution in [0.15, 0.2) is 52.1 Å². The predicted octanol–water partition coefficient (Wildman–Crippen LogP) is 2.03. The van der Waals surface area contributed by atoms with E-state index in [1.165, 1.54) is 30.5 Å². The number of hydrogen-bond donors (Lipinski definition) is 1. The van der Waals surface area contributed by atoms with E-state index in [4.69, 9.17) is 0 Å². The van der Waals surface area contributed by atoms with Gasteiger partial charge in [0.1, 0.15) is 5.82 Å². The number of nitrogens with zero attached hydrogens (tertiary/aromatic N) is 1. The van der Waals surface area contributed by atoms with Gasteiger partial charge < -0.3 is 0 Å². The third-order valence-corrected chi connectivity index (χ3v) is 4.31. The summed E-state index contributed by atoms with van der Waals surface area (Å²) in [4.78, 5) is 15.4. The van der Waals surface area contributed by atoms with Crippen LogP contribution in [0.2, 0.25) is 0 Å². The van der Waals surface area contributed by atoms with Crippen LogP contribution in [-0.2, 0) is 21.2 Å². The fourth-order valence-corrected chi connectivity index (χ4v) is 2.85. The minimum absolute atomic E-state index is 0.104. The van der Waals surface area contributed by atoms with Gasteiger partial charge in [-0.3, -0.25) is 4.79 Å². The van der Waals surface area contributed by atoms with E-state index in [1.54, 1.807) is 12.1 Å². The summed E-state index contributed by atoms with van der Waals surface area (Å²) in [5, 5.41) is -0.269. The van der Waals surface area contributed by atoms with Crippen molar-refractivity contribution in [2.45, 2.75) is 11.4 Å². The summed E-state index contributed by atoms with van der Waals surface area (Å²) in [5.41, 5.74) is 0.104. The molecule has 0 fully saturated rings. The molecular weight excluding hydrogens is 363 g/mol. The molecule has 5 nitrogen and oxygen atoms in total. The molecule has 2 aromatic rings. The second-order valence-corrected chi connectivity index (χ2v) is 6.65. The van der Waals surface area contributed by atoms with Gasteiger partial charge in [-0.1, -0.05) is 28.1 Å². The first kappa shape index (κ1) is 15.6. The fourth-order valence-electron chi connectivity index (χ4n) is 1.58. The molecule has 0 aliphatic carbocycles. The molecule has 8 heteroatoms. The van der Waals surface area contributed by atoms with E-state index in [-0.39, 0.29) is 17.0 Å². The summed E-state index contributed by atoms with van der Waals surface area (Å²) in [6.07, 6.45) is 0.915. The van der Waals surface area contributed by atoms with E-state index in [9.17, 15) is 17.6 Å². The summed E-state index contributed by atoms with van der Waals surface area (Å²) < 4.78 is 39.7. The summed E-state index contributed by atoms with van der Waals surface area (Å²) in [6.45, 7) is 0. The fraction of sp³-hybridized carbons (Fsp3) is 0.0769. The van der Waals surface area contributed by atoms with Gasteiger partial charge in [-0.2, -0.15) is 8.42 Å². The van der Waals surface area contributed by atoms with Crippen molar-refractivity contribution < 1.29 is 17.6 Å². The lowest BCUT2D eigenvalue weighted by atomic mass is 10.1. The Kier molecular flexibility index (Phi) is 4.69. The molecule has 0 saturated carbocycles. The number of rotatable bonds is 4. The molecule has 0 aliphatic heterocycles. The lowest BCUT2D eigenvalue weighted by Crippen LogP contribution is -2.32. The number of nitrogens with one attached hydrogen (secondary N) is 1. The van der Waals surface area contributed by atoms with Crippen LogP contribution in [0.1, 0.15) is 5.56 Å². The molecule has 0 bridgehead atoms. The molecule has 0 unspecified atom stereocenters. The van der Waals surface area contributed by atoms with Crippen LogP contribution < -0.4 is 4.72 Å². The lowest BCUT2D eigenvalue weighted by molar-refractivity contribution is -0.118. The quantitative estimate of drug-likeness (QED) is 0.890. The molecule has 21 heavy (non-hydrogen) atoms. The van der Waals surface area contributed by atoms with Gasteiger partial charge in [0.15, 0.2) is 5.03 Å². The Bertz CT molecular complexity index is 766. The highest BCUT2D eigenvalue weighted by molar-refractivity contribution is 9.10. The van der Waals surface area contributed by atoms with Crippen LogP contribution in [0.3, 0.4) is 0 Å². The van der Waals surface area contributed by atoms with Crippen LogP contribution in [0.4, 0.5) is 4.39 Å². The van der Waals surface area contributed by atoms with Crippen molar-refractivity contribution in [2.75, 3.05) is 0 Å². The van der Waals surface area contributed by atoms with Gasteiger partial charge in [0.25, 0.3) is 10.0 Å². The van der Waals surface area contributed by atoms with Gasteiger partial charge in [0.05, 0.1) is 6.42 Å². The van der Waals surface area contributed by atoms with Crippen molar-refractivity contribution in [3.8, 4) is 0 Å². The van der Waals surface area contributed by atoms with E-state index in [1.807, 2.05) is 4.72 Å². The topological polar surface area (TPSA) is 76.1 Å². The largest absolute Gasteiger partial charge is 0.281 e. The Morgan fingerprint density at radius 3 is 2.67 bits per heavy atom. The van der Waals surface area contributed by atoms with E-state index in [0.29, 0.717) is 4.47 Å². The molecule has 0 aliphatic rings. The zero-order valence-corrected chi connectivity index (χ0v) is 13.0. The average molecular weight is 373 g/mol. The van der Waals surface area contributed by atoms with Gasteiger partial charge in [-0.25, -0.2) is 14.1 Å². The van der Waals surface area contributed by atoms with Gasteiger partial charge in [-0.15, -0.1) is 0 Å². The second kappa shape index (κ2) is 6.31. The van der Waals surface area contributed by atoms with Crippen molar-refractivity contribution in [2.24, 2.45) is 0 Å². The number of carbonyl (C=O) groups excluding carboxylic acids is 1. The van der Waals surface area contributed by atoms with Crippen LogP contribution in [0, 0.1) is 5.82 Å². The van der Waals surface area contributed by atoms with Crippen LogP contribution in [0.5, 0.6) is 0 Å². The van der Waals surface area contributed by atoms with Crippen molar-refractivity contribution in [3.63, 3.8) is 0 Å². The van der Waals surface area contributed by atoms with Crippen LogP contribution >= 0.6 is 15.9 Å². The van der Waals surface area contributed by atoms with E-state index in [0.717, 1.165) is 0 Å². The lowest BCUT2D eigenvalue weighted by Gasteiger charge is -2.07. The maximum atomic E-state index is 13.6. The summed E-state index contributed by atoms with van der Waals surface area (Å²) >= 11 is 3.10. The van der Waals surface area contributed by atoms with E-state index >= 15 is 0 Å². The maximum absolute atomic E-state index is 13.6. The SMILES string of the molecule is O=C(Cc1ccc(Br)cc1F)NS(=O)(=O)c1ccccn1. The normalized spacial score (nSPS) is 11.1. The molecular formula is C13H10BrFN2O3S. The standard InChI is InChI=1S/C13H10BrFN2O3S/c14-10-5-4-9(11(15)8-10)7-12(18)17-21(19,20)13-3-1-2-6-16-13/h1-6,8H,7H2,(H,17,18). The third kappa shape index (κ3) is 4.08. The van der Waals surface area contributed by atoms with Crippen LogP contribution in [-0.4, -0.2) is 19.3 Å². The first-order chi connectivity index (χ1) is 9.88. The number of sulfonamides is 1. The number of pyridine rings is 1. The first-order valence-electron chi connectivity index (χ1n) is 5.79. The maximum Gasteiger partial charge on any atom is 0.281 e. The van der Waals surface area contributed by atoms with Crippen molar-refractivity contribution >= 4 is 31.9 Å². The van der Waals surface area contributed by atoms with Crippen LogP contribution in [0.25, 0.3) is 0 Å². The number of carbonyl (C=O) groups is 1. The van der Waals surface area contributed by atoms with Gasteiger partial charge in [0, 0.05) is 10.7 Å². The highest BCUT2D eigenvalue weighted by atomic mass is 79.9. The Morgan fingerprint density at radius 1 is 1.29 bits per heavy atom. The van der Waals surface area contributed by atoms with Gasteiger partial charge in [0.2, 0.25) is 5.91 Å². The zero-order chi connectivity index (χ0) is 15.5. The Morgan fingerprint density at radius 2 is 2.05 bits per heavy atom. The smallest absolute Gasteiger partial charge is 0.274 e. The minimum Gasteiger partial charge on any atom is -0.274 e. The Labute approximate surface area is 129 Å². The zero-order valence-electron chi connectivity index (χ0n) is 10.6. The molecule has 1 amide bonds. The van der Waals surface area contributed by atoms with Gasteiger partial charge in [-0.05, 0) is 29.8 Å². The molecule has 1 aromatic heterocycles. The molecule has 0 saturated heterocycles. The number of aromatic nitrogens is 1. The summed E-state index contributed by atoms with van der Waals surface area (Å²) in [7, 11) is -4.04. The van der Waals surface area contributed by atoms with Gasteiger partial charge >= 0.3 is 0 Å². The molecule has 0 atom stereocenters. The third-order valence-electron chi connectivity index (χ3n) is 2.53. The monoisotopic (exact) mass is 372 g/mol. The number of amides is 1. The molecule has 110 valence electrons. The molecule has 1 N–H and O–H groups in total. The number of halogens is 2. The predicted molar refractivity (Wildman–Crippen MR) is 77.4 cm³/mol. The Hall–Kier alpha value is -1.80. The summed E-state index contributed by atoms with van der Waals surface area (Å²) in [5.74, 6) is -1.42. The molecule has 2 rings (SSSR count).